The van der Waals surface area contributed by atoms with Crippen LogP contribution in [0.15, 0.2) is 39.7 Å². The first-order valence-corrected chi connectivity index (χ1v) is 7.11. The van der Waals surface area contributed by atoms with Crippen molar-refractivity contribution in [2.24, 2.45) is 4.99 Å². The maximum absolute atomic E-state index is 6.03. The van der Waals surface area contributed by atoms with Crippen molar-refractivity contribution in [2.45, 2.75) is 13.8 Å². The van der Waals surface area contributed by atoms with Gasteiger partial charge in [-0.15, -0.1) is 0 Å². The number of rotatable bonds is 2. The molecule has 1 aromatic rings. The van der Waals surface area contributed by atoms with Gasteiger partial charge in [-0.3, -0.25) is 4.99 Å². The van der Waals surface area contributed by atoms with Crippen molar-refractivity contribution in [1.82, 2.24) is 4.98 Å². The third kappa shape index (κ3) is 2.49. The summed E-state index contributed by atoms with van der Waals surface area (Å²) >= 11 is 0. The van der Waals surface area contributed by atoms with Crippen LogP contribution in [0.1, 0.15) is 12.5 Å². The smallest absolute Gasteiger partial charge is 0.155 e. The van der Waals surface area contributed by atoms with Crippen LogP contribution < -0.4 is 10.3 Å². The molecule has 0 radical (unpaired) electrons. The van der Waals surface area contributed by atoms with Crippen LogP contribution >= 0.6 is 0 Å². The minimum absolute atomic E-state index is 0.762. The third-order valence-electron chi connectivity index (χ3n) is 3.53. The fourth-order valence-electron chi connectivity index (χ4n) is 2.38. The van der Waals surface area contributed by atoms with E-state index in [2.05, 4.69) is 16.9 Å². The summed E-state index contributed by atoms with van der Waals surface area (Å²) < 4.78 is 6.03. The van der Waals surface area contributed by atoms with Crippen molar-refractivity contribution in [3.8, 4) is 11.5 Å². The molecule has 3 rings (SSSR count). The van der Waals surface area contributed by atoms with E-state index in [4.69, 9.17) is 4.42 Å². The van der Waals surface area contributed by atoms with Crippen molar-refractivity contribution in [3.63, 3.8) is 0 Å². The van der Waals surface area contributed by atoms with Crippen molar-refractivity contribution in [1.29, 1.82) is 0 Å². The second-order valence-electron chi connectivity index (χ2n) is 5.34. The highest BCUT2D eigenvalue weighted by atomic mass is 16.3. The largest absolute Gasteiger partial charge is 0.453 e. The first-order valence-electron chi connectivity index (χ1n) is 7.11. The minimum atomic E-state index is 0.762. The molecule has 0 bridgehead atoms. The van der Waals surface area contributed by atoms with Gasteiger partial charge in [0, 0.05) is 38.5 Å². The fraction of sp³-hybridized carbons (Fsp3) is 0.294. The van der Waals surface area contributed by atoms with Crippen molar-refractivity contribution < 1.29 is 4.42 Å². The summed E-state index contributed by atoms with van der Waals surface area (Å²) in [6.07, 6.45) is 0. The lowest BCUT2D eigenvalue weighted by Crippen LogP contribution is -2.09. The van der Waals surface area contributed by atoms with Crippen LogP contribution in [0.3, 0.4) is 0 Å². The minimum Gasteiger partial charge on any atom is -0.453 e. The number of aromatic nitrogens is 1. The summed E-state index contributed by atoms with van der Waals surface area (Å²) in [7, 11) is 4.02. The van der Waals surface area contributed by atoms with E-state index in [9.17, 15) is 0 Å². The van der Waals surface area contributed by atoms with Gasteiger partial charge in [-0.05, 0) is 37.6 Å². The van der Waals surface area contributed by atoms with Crippen LogP contribution in [0.2, 0.25) is 0 Å². The Morgan fingerprint density at radius 1 is 1.19 bits per heavy atom. The molecule has 0 saturated carbocycles. The number of benzene rings is 2. The third-order valence-corrected chi connectivity index (χ3v) is 3.53. The molecule has 4 heteroatoms. The van der Waals surface area contributed by atoms with E-state index in [1.54, 1.807) is 0 Å². The summed E-state index contributed by atoms with van der Waals surface area (Å²) in [5.74, 6) is 0.774. The van der Waals surface area contributed by atoms with Gasteiger partial charge in [0.15, 0.2) is 11.3 Å². The van der Waals surface area contributed by atoms with Crippen LogP contribution in [-0.4, -0.2) is 25.6 Å². The predicted octanol–water partition coefficient (Wildman–Crippen LogP) is 3.23. The lowest BCUT2D eigenvalue weighted by Gasteiger charge is -2.13. The number of anilines is 1. The van der Waals surface area contributed by atoms with Gasteiger partial charge < -0.3 is 9.32 Å². The SMILES string of the molecule is CC/N=c1/cc2oc3cc(N(C)C)ccc3nc-2cc1C. The number of fused-ring (bicyclic) bond motifs is 2. The Balaban J connectivity index is 2.29. The molecular formula is C17H19N3O. The number of hydrogen-bond acceptors (Lipinski definition) is 4. The van der Waals surface area contributed by atoms with Crippen LogP contribution in [0, 0.1) is 6.92 Å². The predicted molar refractivity (Wildman–Crippen MR) is 85.8 cm³/mol. The first kappa shape index (κ1) is 13.6. The van der Waals surface area contributed by atoms with E-state index >= 15 is 0 Å². The van der Waals surface area contributed by atoms with Gasteiger partial charge in [0.2, 0.25) is 0 Å². The van der Waals surface area contributed by atoms with Crippen LogP contribution in [0.25, 0.3) is 22.6 Å². The fourth-order valence-corrected chi connectivity index (χ4v) is 2.38. The second kappa shape index (κ2) is 5.20. The Hall–Kier alpha value is -2.36. The second-order valence-corrected chi connectivity index (χ2v) is 5.34. The Kier molecular flexibility index (Phi) is 3.37. The molecule has 0 atom stereocenters. The Morgan fingerprint density at radius 2 is 2.00 bits per heavy atom. The van der Waals surface area contributed by atoms with Gasteiger partial charge in [0.05, 0.1) is 5.36 Å². The van der Waals surface area contributed by atoms with Gasteiger partial charge in [-0.25, -0.2) is 4.98 Å². The van der Waals surface area contributed by atoms with Crippen molar-refractivity contribution in [2.75, 3.05) is 25.5 Å². The summed E-state index contributed by atoms with van der Waals surface area (Å²) in [5.41, 5.74) is 4.75. The molecule has 21 heavy (non-hydrogen) atoms. The molecule has 0 fully saturated rings. The van der Waals surface area contributed by atoms with E-state index in [0.29, 0.717) is 0 Å². The summed E-state index contributed by atoms with van der Waals surface area (Å²) in [6.45, 7) is 4.84. The lowest BCUT2D eigenvalue weighted by molar-refractivity contribution is 0.611. The first-order chi connectivity index (χ1) is 10.1. The average Bonchev–Trinajstić information content (AvgIpc) is 2.45. The molecule has 0 saturated heterocycles. The van der Waals surface area contributed by atoms with Gasteiger partial charge in [-0.2, -0.15) is 0 Å². The molecule has 0 spiro atoms. The highest BCUT2D eigenvalue weighted by Crippen LogP contribution is 2.26. The Morgan fingerprint density at radius 3 is 2.71 bits per heavy atom. The summed E-state index contributed by atoms with van der Waals surface area (Å²) in [4.78, 5) is 11.2. The van der Waals surface area contributed by atoms with Crippen LogP contribution in [0.5, 0.6) is 0 Å². The molecular weight excluding hydrogens is 262 g/mol. The van der Waals surface area contributed by atoms with Gasteiger partial charge in [0.25, 0.3) is 0 Å². The molecule has 4 nitrogen and oxygen atoms in total. The van der Waals surface area contributed by atoms with E-state index < -0.39 is 0 Å². The molecule has 0 N–H and O–H groups in total. The van der Waals surface area contributed by atoms with E-state index in [0.717, 1.165) is 45.7 Å². The zero-order chi connectivity index (χ0) is 15.0. The average molecular weight is 281 g/mol. The van der Waals surface area contributed by atoms with Crippen LogP contribution in [-0.2, 0) is 0 Å². The zero-order valence-electron chi connectivity index (χ0n) is 12.8. The lowest BCUT2D eigenvalue weighted by atomic mass is 10.1. The number of nitrogens with zero attached hydrogens (tertiary/aromatic N) is 3. The normalized spacial score (nSPS) is 12.3. The molecule has 1 aliphatic carbocycles. The topological polar surface area (TPSA) is 41.6 Å². The molecule has 0 aromatic heterocycles. The molecule has 0 unspecified atom stereocenters. The molecule has 1 heterocycles. The van der Waals surface area contributed by atoms with Gasteiger partial charge in [-0.1, -0.05) is 0 Å². The standard InChI is InChI=1S/C17H19N3O/c1-5-18-14-10-17-15(8-11(14)2)19-13-7-6-12(20(3)4)9-16(13)21-17/h6-10H,5H2,1-4H3/b18-14-. The molecule has 2 aliphatic rings. The van der Waals surface area contributed by atoms with Gasteiger partial charge in [0.1, 0.15) is 11.2 Å². The number of hydrogen-bond donors (Lipinski definition) is 0. The van der Waals surface area contributed by atoms with Crippen molar-refractivity contribution >= 4 is 16.8 Å². The summed E-state index contributed by atoms with van der Waals surface area (Å²) in [6, 6.07) is 10.1. The number of aryl methyl sites for hydroxylation is 1. The van der Waals surface area contributed by atoms with Crippen molar-refractivity contribution in [3.05, 3.63) is 41.3 Å². The van der Waals surface area contributed by atoms with Gasteiger partial charge >= 0.3 is 0 Å². The zero-order valence-corrected chi connectivity index (χ0v) is 12.8. The van der Waals surface area contributed by atoms with Crippen LogP contribution in [0.4, 0.5) is 5.69 Å². The molecule has 108 valence electrons. The highest BCUT2D eigenvalue weighted by Gasteiger charge is 2.11. The molecule has 0 amide bonds. The van der Waals surface area contributed by atoms with E-state index in [-0.39, 0.29) is 0 Å². The molecule has 1 aromatic carbocycles. The summed E-state index contributed by atoms with van der Waals surface area (Å²) in [5, 5.41) is 0.971. The van der Waals surface area contributed by atoms with E-state index in [1.165, 1.54) is 0 Å². The highest BCUT2D eigenvalue weighted by molar-refractivity contribution is 5.80. The maximum Gasteiger partial charge on any atom is 0.155 e. The Labute approximate surface area is 124 Å². The Bertz CT molecular complexity index is 833. The van der Waals surface area contributed by atoms with E-state index in [1.807, 2.05) is 56.3 Å². The molecule has 1 aliphatic heterocycles. The quantitative estimate of drug-likeness (QED) is 0.677. The monoisotopic (exact) mass is 281 g/mol. The maximum atomic E-state index is 6.03.